The first-order valence-electron chi connectivity index (χ1n) is 9.59. The molecule has 3 heterocycles. The van der Waals surface area contributed by atoms with E-state index in [2.05, 4.69) is 27.2 Å². The van der Waals surface area contributed by atoms with Gasteiger partial charge in [0, 0.05) is 18.0 Å². The number of hydrogen-bond acceptors (Lipinski definition) is 7. The predicted molar refractivity (Wildman–Crippen MR) is 121 cm³/mol. The van der Waals surface area contributed by atoms with Gasteiger partial charge < -0.3 is 4.90 Å². The molecule has 0 radical (unpaired) electrons. The molecule has 0 saturated carbocycles. The fourth-order valence-electron chi connectivity index (χ4n) is 3.07. The van der Waals surface area contributed by atoms with Gasteiger partial charge in [-0.1, -0.05) is 42.4 Å². The standard InChI is InChI=1S/C21H16ClF3N6OS/c1-3-30-18(14-7-5-4-6-12(14)2)28-29-20(30)33-15-11-27-31(19(32)17(15)22)16-9-8-13(10-26-16)21(23,24)25/h4-11,28H,2-3H2,1H3. The van der Waals surface area contributed by atoms with Crippen LogP contribution in [0.3, 0.4) is 0 Å². The number of hydrazone groups is 1. The van der Waals surface area contributed by atoms with Crippen molar-refractivity contribution >= 4 is 40.9 Å². The molecule has 0 fully saturated rings. The second-order valence-electron chi connectivity index (χ2n) is 6.80. The van der Waals surface area contributed by atoms with E-state index in [0.29, 0.717) is 22.8 Å². The van der Waals surface area contributed by atoms with Crippen LogP contribution in [0, 0.1) is 0 Å². The quantitative estimate of drug-likeness (QED) is 0.606. The Kier molecular flexibility index (Phi) is 6.17. The summed E-state index contributed by atoms with van der Waals surface area (Å²) in [6, 6.07) is 9.47. The normalized spacial score (nSPS) is 15.4. The number of benzene rings is 1. The first kappa shape index (κ1) is 22.9. The summed E-state index contributed by atoms with van der Waals surface area (Å²) >= 11 is 7.42. The van der Waals surface area contributed by atoms with Gasteiger partial charge in [0.15, 0.2) is 11.0 Å². The Morgan fingerprint density at radius 3 is 2.58 bits per heavy atom. The molecule has 3 aromatic rings. The van der Waals surface area contributed by atoms with Gasteiger partial charge in [0.1, 0.15) is 10.8 Å². The van der Waals surface area contributed by atoms with Crippen LogP contribution in [0.2, 0.25) is 5.02 Å². The maximum absolute atomic E-state index is 12.8. The highest BCUT2D eigenvalue weighted by Gasteiger charge is 2.31. The van der Waals surface area contributed by atoms with Crippen molar-refractivity contribution < 1.29 is 13.2 Å². The van der Waals surface area contributed by atoms with Gasteiger partial charge in [-0.3, -0.25) is 10.2 Å². The molecule has 0 aliphatic carbocycles. The number of halogens is 4. The third-order valence-corrected chi connectivity index (χ3v) is 6.23. The number of amidine groups is 1. The van der Waals surface area contributed by atoms with E-state index in [1.165, 1.54) is 6.20 Å². The van der Waals surface area contributed by atoms with Crippen LogP contribution in [0.4, 0.5) is 13.2 Å². The molecule has 33 heavy (non-hydrogen) atoms. The van der Waals surface area contributed by atoms with E-state index in [1.807, 2.05) is 36.1 Å². The van der Waals surface area contributed by atoms with Gasteiger partial charge in [0.2, 0.25) is 0 Å². The van der Waals surface area contributed by atoms with Gasteiger partial charge in [0.05, 0.1) is 16.7 Å². The molecule has 0 unspecified atom stereocenters. The van der Waals surface area contributed by atoms with Gasteiger partial charge in [-0.15, -0.1) is 5.10 Å². The van der Waals surface area contributed by atoms with E-state index >= 15 is 0 Å². The van der Waals surface area contributed by atoms with Crippen LogP contribution in [-0.4, -0.2) is 31.4 Å². The predicted octanol–water partition coefficient (Wildman–Crippen LogP) is 2.76. The summed E-state index contributed by atoms with van der Waals surface area (Å²) in [4.78, 5) is 18.7. The fourth-order valence-corrected chi connectivity index (χ4v) is 4.21. The Morgan fingerprint density at radius 1 is 1.18 bits per heavy atom. The number of pyridine rings is 1. The van der Waals surface area contributed by atoms with Gasteiger partial charge in [0.25, 0.3) is 5.56 Å². The molecule has 170 valence electrons. The van der Waals surface area contributed by atoms with Crippen LogP contribution in [-0.2, 0) is 6.18 Å². The summed E-state index contributed by atoms with van der Waals surface area (Å²) in [6.07, 6.45) is -2.55. The molecular formula is C21H16ClF3N6OS. The van der Waals surface area contributed by atoms with Gasteiger partial charge in [-0.25, -0.2) is 4.98 Å². The molecule has 1 N–H and O–H groups in total. The third-order valence-electron chi connectivity index (χ3n) is 4.73. The van der Waals surface area contributed by atoms with E-state index in [-0.39, 0.29) is 10.8 Å². The maximum atomic E-state index is 12.8. The lowest BCUT2D eigenvalue weighted by atomic mass is 10.2. The average Bonchev–Trinajstić information content (AvgIpc) is 3.19. The Hall–Kier alpha value is -3.31. The van der Waals surface area contributed by atoms with Crippen molar-refractivity contribution in [2.45, 2.75) is 18.0 Å². The lowest BCUT2D eigenvalue weighted by Crippen LogP contribution is -2.36. The smallest absolute Gasteiger partial charge is 0.304 e. The zero-order valence-electron chi connectivity index (χ0n) is 17.1. The highest BCUT2D eigenvalue weighted by Crippen LogP contribution is 2.30. The first-order valence-corrected chi connectivity index (χ1v) is 10.8. The summed E-state index contributed by atoms with van der Waals surface area (Å²) < 4.78 is 39.1. The number of nitrogens with zero attached hydrogens (tertiary/aromatic N) is 5. The molecular weight excluding hydrogens is 477 g/mol. The fraction of sp³-hybridized carbons (Fsp3) is 0.143. The van der Waals surface area contributed by atoms with Crippen LogP contribution < -0.4 is 21.4 Å². The van der Waals surface area contributed by atoms with Crippen LogP contribution in [0.1, 0.15) is 12.5 Å². The van der Waals surface area contributed by atoms with Crippen molar-refractivity contribution in [3.63, 3.8) is 0 Å². The molecule has 4 rings (SSSR count). The second-order valence-corrected chi connectivity index (χ2v) is 8.19. The second kappa shape index (κ2) is 8.91. The zero-order valence-corrected chi connectivity index (χ0v) is 18.7. The third kappa shape index (κ3) is 4.46. The Morgan fingerprint density at radius 2 is 1.94 bits per heavy atom. The molecule has 0 saturated heterocycles. The number of aromatic nitrogens is 3. The molecule has 0 atom stereocenters. The van der Waals surface area contributed by atoms with Crippen molar-refractivity contribution in [3.8, 4) is 5.82 Å². The highest BCUT2D eigenvalue weighted by molar-refractivity contribution is 8.14. The number of alkyl halides is 3. The lowest BCUT2D eigenvalue weighted by molar-refractivity contribution is -0.137. The maximum Gasteiger partial charge on any atom is 0.417 e. The Balaban J connectivity index is 1.64. The summed E-state index contributed by atoms with van der Waals surface area (Å²) in [6.45, 7) is 6.57. The summed E-state index contributed by atoms with van der Waals surface area (Å²) in [5.74, 6) is 0.668. The van der Waals surface area contributed by atoms with Crippen molar-refractivity contribution in [2.75, 3.05) is 6.54 Å². The van der Waals surface area contributed by atoms with Gasteiger partial charge >= 0.3 is 6.18 Å². The summed E-state index contributed by atoms with van der Waals surface area (Å²) in [5.41, 5.74) is 1.35. The van der Waals surface area contributed by atoms with Crippen molar-refractivity contribution in [2.24, 2.45) is 5.10 Å². The van der Waals surface area contributed by atoms with E-state index in [0.717, 1.165) is 44.8 Å². The molecule has 1 aromatic carbocycles. The number of hydrogen-bond donors (Lipinski definition) is 1. The van der Waals surface area contributed by atoms with Crippen molar-refractivity contribution in [1.29, 1.82) is 0 Å². The highest BCUT2D eigenvalue weighted by atomic mass is 35.5. The van der Waals surface area contributed by atoms with E-state index in [9.17, 15) is 18.0 Å². The molecule has 0 bridgehead atoms. The molecule has 0 spiro atoms. The van der Waals surface area contributed by atoms with Crippen molar-refractivity contribution in [1.82, 2.24) is 25.1 Å². The molecule has 2 aromatic heterocycles. The zero-order chi connectivity index (χ0) is 23.8. The number of nitrogens with one attached hydrogen (secondary N) is 1. The topological polar surface area (TPSA) is 75.4 Å². The Bertz CT molecular complexity index is 1410. The van der Waals surface area contributed by atoms with Crippen LogP contribution in [0.25, 0.3) is 18.2 Å². The average molecular weight is 493 g/mol. The van der Waals surface area contributed by atoms with E-state index < -0.39 is 17.3 Å². The minimum Gasteiger partial charge on any atom is -0.304 e. The molecule has 0 amide bonds. The minimum absolute atomic E-state index is 0.0795. The lowest BCUT2D eigenvalue weighted by Gasteiger charge is -2.18. The minimum atomic E-state index is -4.53. The van der Waals surface area contributed by atoms with Crippen molar-refractivity contribution in [3.05, 3.63) is 80.2 Å². The number of rotatable bonds is 3. The van der Waals surface area contributed by atoms with Gasteiger partial charge in [-0.05, 0) is 36.0 Å². The molecule has 12 heteroatoms. The van der Waals surface area contributed by atoms with E-state index in [4.69, 9.17) is 11.6 Å². The van der Waals surface area contributed by atoms with Crippen LogP contribution in [0.5, 0.6) is 0 Å². The number of thioether (sulfide) groups is 1. The Labute approximate surface area is 194 Å². The molecule has 1 aliphatic rings. The first-order chi connectivity index (χ1) is 15.7. The molecule has 1 aliphatic heterocycles. The summed E-state index contributed by atoms with van der Waals surface area (Å²) in [7, 11) is 0. The molecule has 7 nitrogen and oxygen atoms in total. The largest absolute Gasteiger partial charge is 0.417 e. The van der Waals surface area contributed by atoms with Crippen LogP contribution >= 0.6 is 23.4 Å². The monoisotopic (exact) mass is 492 g/mol. The summed E-state index contributed by atoms with van der Waals surface area (Å²) in [5, 5.41) is 10.5. The SMILES string of the molecule is C=c1ccccc1=C1NN=C(Sc2cnn(-c3ccc(C(F)(F)F)cn3)c(=O)c2Cl)N1CC. The van der Waals surface area contributed by atoms with E-state index in [1.54, 1.807) is 0 Å². The van der Waals surface area contributed by atoms with Gasteiger partial charge in [-0.2, -0.15) is 23.0 Å². The van der Waals surface area contributed by atoms with Crippen LogP contribution in [0.15, 0.2) is 63.6 Å².